The van der Waals surface area contributed by atoms with Crippen LogP contribution in [0.2, 0.25) is 0 Å². The Labute approximate surface area is 102 Å². The van der Waals surface area contributed by atoms with Crippen LogP contribution in [0.15, 0.2) is 41.6 Å². The average Bonchev–Trinajstić information content (AvgIpc) is 2.81. The topological polar surface area (TPSA) is 118 Å². The number of hydrogen-bond acceptors (Lipinski definition) is 5. The number of hydrogen-bond donors (Lipinski definition) is 2. The molecular weight excluding hydrogens is 260 g/mol. The molecule has 94 valence electrons. The van der Waals surface area contributed by atoms with Crippen molar-refractivity contribution in [1.29, 1.82) is 0 Å². The van der Waals surface area contributed by atoms with Crippen LogP contribution in [0, 0.1) is 10.1 Å². The van der Waals surface area contributed by atoms with Gasteiger partial charge in [0.15, 0.2) is 4.90 Å². The lowest BCUT2D eigenvalue weighted by molar-refractivity contribution is -0.387. The van der Waals surface area contributed by atoms with Crippen LogP contribution in [-0.2, 0) is 10.0 Å². The summed E-state index contributed by atoms with van der Waals surface area (Å²) < 4.78 is 26.0. The van der Waals surface area contributed by atoms with Crippen molar-refractivity contribution in [1.82, 2.24) is 9.97 Å². The zero-order chi connectivity index (χ0) is 13.2. The van der Waals surface area contributed by atoms with E-state index < -0.39 is 25.5 Å². The molecule has 0 bridgehead atoms. The van der Waals surface area contributed by atoms with Crippen LogP contribution in [0.4, 0.5) is 11.6 Å². The number of aromatic amines is 1. The monoisotopic (exact) mass is 268 g/mol. The smallest absolute Gasteiger partial charge is 0.289 e. The second-order valence-corrected chi connectivity index (χ2v) is 4.92. The minimum absolute atomic E-state index is 0.00634. The highest BCUT2D eigenvalue weighted by atomic mass is 32.2. The van der Waals surface area contributed by atoms with Crippen LogP contribution in [0.5, 0.6) is 0 Å². The van der Waals surface area contributed by atoms with Gasteiger partial charge in [0.2, 0.25) is 5.95 Å². The van der Waals surface area contributed by atoms with Crippen molar-refractivity contribution in [2.75, 3.05) is 4.72 Å². The predicted octanol–water partition coefficient (Wildman–Crippen LogP) is 1.12. The molecule has 1 aromatic heterocycles. The molecule has 0 saturated carbocycles. The second kappa shape index (κ2) is 4.45. The predicted molar refractivity (Wildman–Crippen MR) is 62.5 cm³/mol. The minimum atomic E-state index is -4.04. The third-order valence-corrected chi connectivity index (χ3v) is 3.47. The Balaban J connectivity index is 2.45. The van der Waals surface area contributed by atoms with Crippen LogP contribution >= 0.6 is 0 Å². The average molecular weight is 268 g/mol. The van der Waals surface area contributed by atoms with Crippen LogP contribution in [-0.4, -0.2) is 23.3 Å². The first-order chi connectivity index (χ1) is 8.50. The van der Waals surface area contributed by atoms with E-state index in [0.29, 0.717) is 0 Å². The van der Waals surface area contributed by atoms with E-state index in [9.17, 15) is 18.5 Å². The van der Waals surface area contributed by atoms with Crippen molar-refractivity contribution in [2.24, 2.45) is 0 Å². The number of aromatic nitrogens is 2. The number of benzene rings is 1. The van der Waals surface area contributed by atoms with Crippen molar-refractivity contribution < 1.29 is 13.3 Å². The molecule has 0 spiro atoms. The molecule has 8 nitrogen and oxygen atoms in total. The summed E-state index contributed by atoms with van der Waals surface area (Å²) in [5.41, 5.74) is -0.489. The van der Waals surface area contributed by atoms with Gasteiger partial charge in [0, 0.05) is 18.5 Å². The van der Waals surface area contributed by atoms with Crippen LogP contribution in [0.3, 0.4) is 0 Å². The van der Waals surface area contributed by atoms with Gasteiger partial charge in [-0.3, -0.25) is 10.1 Å². The van der Waals surface area contributed by atoms with Crippen molar-refractivity contribution in [2.45, 2.75) is 4.90 Å². The molecule has 1 heterocycles. The molecule has 0 amide bonds. The first-order valence-electron chi connectivity index (χ1n) is 4.76. The van der Waals surface area contributed by atoms with E-state index in [1.165, 1.54) is 24.5 Å². The van der Waals surface area contributed by atoms with Crippen LogP contribution < -0.4 is 4.72 Å². The van der Waals surface area contributed by atoms with E-state index in [-0.39, 0.29) is 5.95 Å². The van der Waals surface area contributed by atoms with Gasteiger partial charge in [0.1, 0.15) is 0 Å². The summed E-state index contributed by atoms with van der Waals surface area (Å²) in [7, 11) is -4.04. The highest BCUT2D eigenvalue weighted by molar-refractivity contribution is 7.92. The van der Waals surface area contributed by atoms with E-state index in [1.54, 1.807) is 0 Å². The number of rotatable bonds is 4. The lowest BCUT2D eigenvalue weighted by Gasteiger charge is -2.05. The van der Waals surface area contributed by atoms with Crippen molar-refractivity contribution in [3.05, 3.63) is 46.8 Å². The first kappa shape index (κ1) is 12.0. The molecule has 2 rings (SSSR count). The van der Waals surface area contributed by atoms with Gasteiger partial charge >= 0.3 is 0 Å². The Morgan fingerprint density at radius 3 is 2.67 bits per heavy atom. The molecule has 2 aromatic rings. The van der Waals surface area contributed by atoms with E-state index in [0.717, 1.165) is 12.1 Å². The lowest BCUT2D eigenvalue weighted by Crippen LogP contribution is -2.15. The van der Waals surface area contributed by atoms with E-state index in [4.69, 9.17) is 0 Å². The third kappa shape index (κ3) is 2.30. The molecule has 0 fully saturated rings. The molecule has 0 aliphatic rings. The van der Waals surface area contributed by atoms with E-state index >= 15 is 0 Å². The molecule has 9 heteroatoms. The summed E-state index contributed by atoms with van der Waals surface area (Å²) >= 11 is 0. The number of anilines is 1. The Morgan fingerprint density at radius 1 is 1.33 bits per heavy atom. The molecule has 1 aromatic carbocycles. The minimum Gasteiger partial charge on any atom is -0.330 e. The summed E-state index contributed by atoms with van der Waals surface area (Å²) in [6.45, 7) is 0. The van der Waals surface area contributed by atoms with E-state index in [2.05, 4.69) is 14.7 Å². The Bertz CT molecular complexity index is 666. The molecular formula is C9H8N4O4S. The molecule has 2 N–H and O–H groups in total. The highest BCUT2D eigenvalue weighted by Crippen LogP contribution is 2.24. The maximum atomic E-state index is 11.9. The van der Waals surface area contributed by atoms with Crippen LogP contribution in [0.25, 0.3) is 0 Å². The number of nitrogens with one attached hydrogen (secondary N) is 2. The Hall–Kier alpha value is -2.42. The zero-order valence-electron chi connectivity index (χ0n) is 8.90. The quantitative estimate of drug-likeness (QED) is 0.636. The molecule has 0 atom stereocenters. The second-order valence-electron chi connectivity index (χ2n) is 3.27. The third-order valence-electron chi connectivity index (χ3n) is 2.08. The van der Waals surface area contributed by atoms with Gasteiger partial charge in [-0.05, 0) is 6.07 Å². The molecule has 0 unspecified atom stereocenters. The summed E-state index contributed by atoms with van der Waals surface area (Å²) in [6.07, 6.45) is 2.79. The zero-order valence-corrected chi connectivity index (χ0v) is 9.72. The number of sulfonamides is 1. The van der Waals surface area contributed by atoms with Gasteiger partial charge < -0.3 is 4.98 Å². The van der Waals surface area contributed by atoms with Crippen molar-refractivity contribution >= 4 is 21.7 Å². The number of nitrogens with zero attached hydrogens (tertiary/aromatic N) is 2. The first-order valence-corrected chi connectivity index (χ1v) is 6.24. The van der Waals surface area contributed by atoms with Gasteiger partial charge in [-0.1, -0.05) is 12.1 Å². The Kier molecular flexibility index (Phi) is 2.98. The van der Waals surface area contributed by atoms with Gasteiger partial charge in [-0.25, -0.2) is 18.1 Å². The van der Waals surface area contributed by atoms with Gasteiger partial charge in [0.25, 0.3) is 15.7 Å². The fourth-order valence-corrected chi connectivity index (χ4v) is 2.49. The summed E-state index contributed by atoms with van der Waals surface area (Å²) in [6, 6.07) is 5.08. The van der Waals surface area contributed by atoms with Crippen molar-refractivity contribution in [3.8, 4) is 0 Å². The standard InChI is InChI=1S/C9H8N4O4S/c14-13(15)7-3-1-2-4-8(7)18(16,17)12-9-10-5-6-11-9/h1-6H,(H2,10,11,12). The SMILES string of the molecule is O=[N+]([O-])c1ccccc1S(=O)(=O)Nc1ncc[nH]1. The number of imidazole rings is 1. The molecule has 0 aliphatic carbocycles. The van der Waals surface area contributed by atoms with E-state index in [1.807, 2.05) is 0 Å². The molecule has 0 aliphatic heterocycles. The van der Waals surface area contributed by atoms with Gasteiger partial charge in [0.05, 0.1) is 4.92 Å². The highest BCUT2D eigenvalue weighted by Gasteiger charge is 2.25. The number of para-hydroxylation sites is 1. The normalized spacial score (nSPS) is 11.1. The summed E-state index contributed by atoms with van der Waals surface area (Å²) in [5.74, 6) is -0.00634. The largest absolute Gasteiger partial charge is 0.330 e. The molecule has 18 heavy (non-hydrogen) atoms. The summed E-state index contributed by atoms with van der Waals surface area (Å²) in [4.78, 5) is 15.8. The fraction of sp³-hybridized carbons (Fsp3) is 0. The number of nitro groups is 1. The fourth-order valence-electron chi connectivity index (χ4n) is 1.34. The molecule has 0 saturated heterocycles. The maximum absolute atomic E-state index is 11.9. The van der Waals surface area contributed by atoms with Crippen molar-refractivity contribution in [3.63, 3.8) is 0 Å². The molecule has 0 radical (unpaired) electrons. The number of nitro benzene ring substituents is 1. The summed E-state index contributed by atoms with van der Waals surface area (Å²) in [5, 5.41) is 10.8. The van der Waals surface area contributed by atoms with Gasteiger partial charge in [-0.2, -0.15) is 0 Å². The Morgan fingerprint density at radius 2 is 2.06 bits per heavy atom. The van der Waals surface area contributed by atoms with Gasteiger partial charge in [-0.15, -0.1) is 0 Å². The van der Waals surface area contributed by atoms with Crippen LogP contribution in [0.1, 0.15) is 0 Å². The lowest BCUT2D eigenvalue weighted by atomic mass is 10.3. The number of H-pyrrole nitrogens is 1. The maximum Gasteiger partial charge on any atom is 0.289 e.